The van der Waals surface area contributed by atoms with E-state index < -0.39 is 0 Å². The molecule has 1 amide bonds. The van der Waals surface area contributed by atoms with Crippen molar-refractivity contribution in [3.05, 3.63) is 75.7 Å². The average molecular weight is 564 g/mol. The molecule has 0 aliphatic carbocycles. The Balaban J connectivity index is 0.00000289. The summed E-state index contributed by atoms with van der Waals surface area (Å²) >= 11 is 1.78. The minimum atomic E-state index is 0. The number of hydrogen-bond donors (Lipinski definition) is 2. The van der Waals surface area contributed by atoms with Gasteiger partial charge in [0, 0.05) is 36.9 Å². The van der Waals surface area contributed by atoms with Crippen molar-refractivity contribution in [3.8, 4) is 0 Å². The molecule has 0 bridgehead atoms. The molecular weight excluding hydrogens is 535 g/mol. The number of benzene rings is 1. The van der Waals surface area contributed by atoms with Crippen LogP contribution in [0.2, 0.25) is 0 Å². The molecule has 32 heavy (non-hydrogen) atoms. The molecule has 3 heterocycles. The van der Waals surface area contributed by atoms with Crippen LogP contribution in [0, 0.1) is 0 Å². The summed E-state index contributed by atoms with van der Waals surface area (Å²) in [4.78, 5) is 20.8. The van der Waals surface area contributed by atoms with E-state index in [2.05, 4.69) is 39.3 Å². The normalized spacial score (nSPS) is 13.3. The van der Waals surface area contributed by atoms with Gasteiger partial charge in [0.25, 0.3) is 0 Å². The number of aliphatic imine (C=N–C) groups is 1. The smallest absolute Gasteiger partial charge is 0.242 e. The number of halogens is 1. The molecule has 0 saturated heterocycles. The lowest BCUT2D eigenvalue weighted by Crippen LogP contribution is -2.45. The van der Waals surface area contributed by atoms with Crippen LogP contribution in [0.3, 0.4) is 0 Å². The van der Waals surface area contributed by atoms with Crippen molar-refractivity contribution in [1.29, 1.82) is 0 Å². The lowest BCUT2D eigenvalue weighted by Gasteiger charge is -2.27. The zero-order valence-electron chi connectivity index (χ0n) is 18.2. The first kappa shape index (κ1) is 24.2. The fourth-order valence-corrected chi connectivity index (χ4v) is 4.56. The highest BCUT2D eigenvalue weighted by molar-refractivity contribution is 14.0. The first-order valence-corrected chi connectivity index (χ1v) is 11.5. The molecule has 9 heteroatoms. The molecule has 1 aliphatic rings. The van der Waals surface area contributed by atoms with Gasteiger partial charge in [-0.1, -0.05) is 24.3 Å². The van der Waals surface area contributed by atoms with Gasteiger partial charge in [-0.05, 0) is 47.5 Å². The van der Waals surface area contributed by atoms with Crippen LogP contribution < -0.4 is 10.6 Å². The topological polar surface area (TPSA) is 74.5 Å². The Hall–Kier alpha value is -2.40. The quantitative estimate of drug-likeness (QED) is 0.263. The van der Waals surface area contributed by atoms with Crippen LogP contribution in [0.4, 0.5) is 0 Å². The molecule has 0 radical (unpaired) electrons. The molecule has 0 atom stereocenters. The second-order valence-electron chi connectivity index (χ2n) is 7.46. The van der Waals surface area contributed by atoms with Crippen molar-refractivity contribution in [2.45, 2.75) is 33.0 Å². The van der Waals surface area contributed by atoms with Crippen LogP contribution in [0.5, 0.6) is 0 Å². The number of fused-ring (bicyclic) bond motifs is 1. The van der Waals surface area contributed by atoms with Crippen LogP contribution in [-0.4, -0.2) is 46.2 Å². The standard InChI is InChI=1S/C23H28N6OS.HI/c1-2-24-23(26-15-22(30)28-12-8-21-20(16-28)9-13-31-21)25-14-18-6-3-4-7-19(18)17-29-11-5-10-27-29;/h3-7,9-11,13H,2,8,12,14-17H2,1H3,(H2,24,25,26);1H. The maximum atomic E-state index is 12.7. The first-order chi connectivity index (χ1) is 15.2. The maximum absolute atomic E-state index is 12.7. The van der Waals surface area contributed by atoms with Gasteiger partial charge >= 0.3 is 0 Å². The molecule has 2 N–H and O–H groups in total. The summed E-state index contributed by atoms with van der Waals surface area (Å²) in [6.45, 7) is 5.71. The minimum absolute atomic E-state index is 0. The second kappa shape index (κ2) is 12.0. The van der Waals surface area contributed by atoms with Crippen LogP contribution in [0.15, 0.2) is 59.2 Å². The highest BCUT2D eigenvalue weighted by Gasteiger charge is 2.21. The Morgan fingerprint density at radius 3 is 2.81 bits per heavy atom. The molecule has 1 aromatic carbocycles. The number of nitrogens with one attached hydrogen (secondary N) is 2. The summed E-state index contributed by atoms with van der Waals surface area (Å²) in [5, 5.41) is 12.8. The number of rotatable bonds is 7. The number of amides is 1. The van der Waals surface area contributed by atoms with Crippen molar-refractivity contribution in [3.63, 3.8) is 0 Å². The van der Waals surface area contributed by atoms with Crippen LogP contribution >= 0.6 is 35.3 Å². The van der Waals surface area contributed by atoms with Crippen LogP contribution in [0.1, 0.15) is 28.5 Å². The molecule has 0 fully saturated rings. The molecular formula is C23H29IN6OS. The van der Waals surface area contributed by atoms with Crippen molar-refractivity contribution < 1.29 is 4.79 Å². The van der Waals surface area contributed by atoms with Gasteiger partial charge in [-0.2, -0.15) is 5.10 Å². The molecule has 7 nitrogen and oxygen atoms in total. The molecule has 170 valence electrons. The Labute approximate surface area is 209 Å². The highest BCUT2D eigenvalue weighted by Crippen LogP contribution is 2.23. The summed E-state index contributed by atoms with van der Waals surface area (Å²) in [6, 6.07) is 12.3. The molecule has 0 saturated carbocycles. The van der Waals surface area contributed by atoms with Gasteiger partial charge in [0.05, 0.1) is 19.6 Å². The third-order valence-corrected chi connectivity index (χ3v) is 6.35. The summed E-state index contributed by atoms with van der Waals surface area (Å²) in [6.07, 6.45) is 4.68. The fourth-order valence-electron chi connectivity index (χ4n) is 3.67. The fraction of sp³-hybridized carbons (Fsp3) is 0.348. The molecule has 4 rings (SSSR count). The summed E-state index contributed by atoms with van der Waals surface area (Å²) in [5.41, 5.74) is 3.60. The van der Waals surface area contributed by atoms with E-state index in [1.807, 2.05) is 40.9 Å². The zero-order valence-corrected chi connectivity index (χ0v) is 21.3. The monoisotopic (exact) mass is 564 g/mol. The molecule has 2 aromatic heterocycles. The van der Waals surface area contributed by atoms with Gasteiger partial charge in [0.2, 0.25) is 5.91 Å². The van der Waals surface area contributed by atoms with E-state index in [0.717, 1.165) is 25.1 Å². The predicted octanol–water partition coefficient (Wildman–Crippen LogP) is 3.25. The van der Waals surface area contributed by atoms with E-state index >= 15 is 0 Å². The third kappa shape index (κ3) is 6.32. The summed E-state index contributed by atoms with van der Waals surface area (Å²) < 4.78 is 1.90. The van der Waals surface area contributed by atoms with Crippen LogP contribution in [0.25, 0.3) is 0 Å². The number of guanidine groups is 1. The molecule has 0 spiro atoms. The number of thiophene rings is 1. The number of carbonyl (C=O) groups is 1. The predicted molar refractivity (Wildman–Crippen MR) is 139 cm³/mol. The SMILES string of the molecule is CCNC(=NCc1ccccc1Cn1cccn1)NCC(=O)N1CCc2sccc2C1.I. The van der Waals surface area contributed by atoms with Gasteiger partial charge in [-0.3, -0.25) is 9.48 Å². The lowest BCUT2D eigenvalue weighted by atomic mass is 10.1. The van der Waals surface area contributed by atoms with E-state index in [-0.39, 0.29) is 36.4 Å². The Morgan fingerprint density at radius 2 is 2.03 bits per heavy atom. The third-order valence-electron chi connectivity index (χ3n) is 5.33. The first-order valence-electron chi connectivity index (χ1n) is 10.6. The lowest BCUT2D eigenvalue weighted by molar-refractivity contribution is -0.130. The van der Waals surface area contributed by atoms with Gasteiger partial charge in [0.1, 0.15) is 0 Å². The number of nitrogens with zero attached hydrogens (tertiary/aromatic N) is 4. The highest BCUT2D eigenvalue weighted by atomic mass is 127. The molecule has 1 aliphatic heterocycles. The minimum Gasteiger partial charge on any atom is -0.357 e. The summed E-state index contributed by atoms with van der Waals surface area (Å²) in [7, 11) is 0. The Bertz CT molecular complexity index is 1030. The van der Waals surface area contributed by atoms with E-state index in [1.165, 1.54) is 16.0 Å². The maximum Gasteiger partial charge on any atom is 0.242 e. The Morgan fingerprint density at radius 1 is 1.19 bits per heavy atom. The number of aromatic nitrogens is 2. The summed E-state index contributed by atoms with van der Waals surface area (Å²) in [5.74, 6) is 0.750. The van der Waals surface area contributed by atoms with Gasteiger partial charge < -0.3 is 15.5 Å². The zero-order chi connectivity index (χ0) is 21.5. The van der Waals surface area contributed by atoms with E-state index in [0.29, 0.717) is 25.6 Å². The van der Waals surface area contributed by atoms with Crippen LogP contribution in [-0.2, 0) is 30.8 Å². The van der Waals surface area contributed by atoms with Gasteiger partial charge in [-0.25, -0.2) is 4.99 Å². The van der Waals surface area contributed by atoms with E-state index in [1.54, 1.807) is 17.5 Å². The largest absolute Gasteiger partial charge is 0.357 e. The van der Waals surface area contributed by atoms with E-state index in [9.17, 15) is 4.79 Å². The van der Waals surface area contributed by atoms with Crippen molar-refractivity contribution in [2.75, 3.05) is 19.6 Å². The number of hydrogen-bond acceptors (Lipinski definition) is 4. The van der Waals surface area contributed by atoms with Gasteiger partial charge in [0.15, 0.2) is 5.96 Å². The van der Waals surface area contributed by atoms with E-state index in [4.69, 9.17) is 4.99 Å². The van der Waals surface area contributed by atoms with Gasteiger partial charge in [-0.15, -0.1) is 35.3 Å². The van der Waals surface area contributed by atoms with Crippen molar-refractivity contribution >= 4 is 47.2 Å². The van der Waals surface area contributed by atoms with Crippen molar-refractivity contribution in [1.82, 2.24) is 25.3 Å². The number of carbonyl (C=O) groups excluding carboxylic acids is 1. The Kier molecular flexibility index (Phi) is 9.10. The second-order valence-corrected chi connectivity index (χ2v) is 8.46. The average Bonchev–Trinajstić information content (AvgIpc) is 3.47. The van der Waals surface area contributed by atoms with Crippen molar-refractivity contribution in [2.24, 2.45) is 4.99 Å². The molecule has 0 unspecified atom stereocenters. The molecule has 3 aromatic rings.